The van der Waals surface area contributed by atoms with E-state index in [-0.39, 0.29) is 5.97 Å². The van der Waals surface area contributed by atoms with E-state index in [0.29, 0.717) is 13.0 Å². The number of aliphatic imine (C=N–C) groups is 1. The second-order valence-corrected chi connectivity index (χ2v) is 1.49. The highest BCUT2D eigenvalue weighted by Crippen LogP contribution is 1.83. The fourth-order valence-electron chi connectivity index (χ4n) is 0.387. The third-order valence-corrected chi connectivity index (χ3v) is 0.855. The lowest BCUT2D eigenvalue weighted by Gasteiger charge is -1.92. The number of carbonyl (C=O) groups excluding carboxylic acids is 1. The lowest BCUT2D eigenvalue weighted by molar-refractivity contribution is -0.140. The second kappa shape index (κ2) is 5.28. The van der Waals surface area contributed by atoms with Crippen LogP contribution in [0.5, 0.6) is 0 Å². The monoisotopic (exact) mass is 129 g/mol. The maximum atomic E-state index is 10.4. The van der Waals surface area contributed by atoms with Gasteiger partial charge >= 0.3 is 5.97 Å². The van der Waals surface area contributed by atoms with Crippen LogP contribution in [0.2, 0.25) is 0 Å². The first-order chi connectivity index (χ1) is 4.31. The third kappa shape index (κ3) is 5.00. The van der Waals surface area contributed by atoms with Crippen molar-refractivity contribution in [3.63, 3.8) is 0 Å². The summed E-state index contributed by atoms with van der Waals surface area (Å²) >= 11 is 0. The molecule has 0 N–H and O–H groups in total. The lowest BCUT2D eigenvalue weighted by Crippen LogP contribution is -2.01. The Balaban J connectivity index is 3.17. The van der Waals surface area contributed by atoms with E-state index in [1.54, 1.807) is 6.21 Å². The highest BCUT2D eigenvalue weighted by molar-refractivity contribution is 5.69. The fraction of sp³-hybridized carbons (Fsp3) is 0.667. The zero-order valence-electron chi connectivity index (χ0n) is 5.76. The molecule has 3 heteroatoms. The van der Waals surface area contributed by atoms with Crippen molar-refractivity contribution in [1.82, 2.24) is 0 Å². The van der Waals surface area contributed by atoms with Crippen LogP contribution in [0.15, 0.2) is 4.99 Å². The van der Waals surface area contributed by atoms with Crippen molar-refractivity contribution in [3.8, 4) is 0 Å². The van der Waals surface area contributed by atoms with Gasteiger partial charge in [-0.3, -0.25) is 9.79 Å². The van der Waals surface area contributed by atoms with E-state index < -0.39 is 0 Å². The van der Waals surface area contributed by atoms with Gasteiger partial charge in [-0.2, -0.15) is 0 Å². The summed E-state index contributed by atoms with van der Waals surface area (Å²) < 4.78 is 4.38. The van der Waals surface area contributed by atoms with E-state index in [1.807, 2.05) is 6.92 Å². The van der Waals surface area contributed by atoms with Gasteiger partial charge in [0.05, 0.1) is 13.5 Å². The van der Waals surface area contributed by atoms with E-state index in [0.717, 1.165) is 0 Å². The Kier molecular flexibility index (Phi) is 4.78. The van der Waals surface area contributed by atoms with Crippen LogP contribution in [0.1, 0.15) is 13.3 Å². The van der Waals surface area contributed by atoms with Crippen molar-refractivity contribution in [2.45, 2.75) is 13.3 Å². The van der Waals surface area contributed by atoms with E-state index in [2.05, 4.69) is 9.73 Å². The van der Waals surface area contributed by atoms with Crippen LogP contribution in [0.4, 0.5) is 0 Å². The number of esters is 1. The number of rotatable bonds is 3. The third-order valence-electron chi connectivity index (χ3n) is 0.855. The van der Waals surface area contributed by atoms with Gasteiger partial charge in [0.15, 0.2) is 0 Å². The molecule has 0 aliphatic carbocycles. The van der Waals surface area contributed by atoms with E-state index >= 15 is 0 Å². The van der Waals surface area contributed by atoms with Gasteiger partial charge in [-0.05, 0) is 13.1 Å². The van der Waals surface area contributed by atoms with Crippen LogP contribution >= 0.6 is 0 Å². The molecule has 0 heterocycles. The smallest absolute Gasteiger partial charge is 0.307 e. The first kappa shape index (κ1) is 8.14. The zero-order valence-corrected chi connectivity index (χ0v) is 5.76. The Morgan fingerprint density at radius 2 is 2.44 bits per heavy atom. The molecule has 0 saturated heterocycles. The normalized spacial score (nSPS) is 10.0. The summed E-state index contributed by atoms with van der Waals surface area (Å²) in [5.41, 5.74) is 0. The Hall–Kier alpha value is -0.860. The van der Waals surface area contributed by atoms with E-state index in [1.165, 1.54) is 7.11 Å². The molecular weight excluding hydrogens is 118 g/mol. The number of carbonyl (C=O) groups is 1. The summed E-state index contributed by atoms with van der Waals surface area (Å²) in [6, 6.07) is 0. The number of methoxy groups -OCH3 is 1. The first-order valence-corrected chi connectivity index (χ1v) is 2.82. The molecule has 0 unspecified atom stereocenters. The molecule has 0 bridgehead atoms. The van der Waals surface area contributed by atoms with Gasteiger partial charge in [-0.25, -0.2) is 0 Å². The van der Waals surface area contributed by atoms with Crippen molar-refractivity contribution in [2.75, 3.05) is 13.7 Å². The quantitative estimate of drug-likeness (QED) is 0.414. The highest BCUT2D eigenvalue weighted by atomic mass is 16.5. The maximum absolute atomic E-state index is 10.4. The van der Waals surface area contributed by atoms with Crippen molar-refractivity contribution in [2.24, 2.45) is 4.99 Å². The maximum Gasteiger partial charge on any atom is 0.307 e. The molecule has 0 fully saturated rings. The summed E-state index contributed by atoms with van der Waals surface area (Å²) in [6.07, 6.45) is 2.05. The van der Waals surface area contributed by atoms with Crippen LogP contribution in [0.3, 0.4) is 0 Å². The number of nitrogens with zero attached hydrogens (tertiary/aromatic N) is 1. The molecule has 0 saturated carbocycles. The first-order valence-electron chi connectivity index (χ1n) is 2.82. The lowest BCUT2D eigenvalue weighted by atomic mass is 10.4. The molecule has 0 atom stereocenters. The molecule has 0 rings (SSSR count). The molecule has 52 valence electrons. The molecular formula is C6H11NO2. The highest BCUT2D eigenvalue weighted by Gasteiger charge is 1.95. The van der Waals surface area contributed by atoms with Crippen LogP contribution in [-0.4, -0.2) is 25.8 Å². The molecule has 0 amide bonds. The summed E-state index contributed by atoms with van der Waals surface area (Å²) in [4.78, 5) is 14.2. The summed E-state index contributed by atoms with van der Waals surface area (Å²) in [5, 5.41) is 0. The summed E-state index contributed by atoms with van der Waals surface area (Å²) in [7, 11) is 1.37. The van der Waals surface area contributed by atoms with Crippen molar-refractivity contribution in [1.29, 1.82) is 0 Å². The zero-order chi connectivity index (χ0) is 7.11. The summed E-state index contributed by atoms with van der Waals surface area (Å²) in [6.45, 7) is 2.35. The van der Waals surface area contributed by atoms with E-state index in [4.69, 9.17) is 0 Å². The topological polar surface area (TPSA) is 38.7 Å². The molecule has 0 spiro atoms. The molecule has 0 aliphatic heterocycles. The molecule has 9 heavy (non-hydrogen) atoms. The van der Waals surface area contributed by atoms with Crippen molar-refractivity contribution in [3.05, 3.63) is 0 Å². The number of hydrogen-bond acceptors (Lipinski definition) is 3. The largest absolute Gasteiger partial charge is 0.469 e. The Bertz CT molecular complexity index is 110. The standard InChI is InChI=1S/C6H11NO2/c1-3-7-5-4-6(8)9-2/h3H,4-5H2,1-2H3. The van der Waals surface area contributed by atoms with Gasteiger partial charge in [0.1, 0.15) is 0 Å². The molecule has 3 nitrogen and oxygen atoms in total. The van der Waals surface area contributed by atoms with Crippen molar-refractivity contribution < 1.29 is 9.53 Å². The number of ether oxygens (including phenoxy) is 1. The SMILES string of the molecule is CC=NCCC(=O)OC. The molecule has 0 aromatic rings. The van der Waals surface area contributed by atoms with Gasteiger partial charge in [0.25, 0.3) is 0 Å². The molecule has 0 aliphatic rings. The second-order valence-electron chi connectivity index (χ2n) is 1.49. The minimum Gasteiger partial charge on any atom is -0.469 e. The minimum atomic E-state index is -0.208. The molecule has 0 radical (unpaired) electrons. The van der Waals surface area contributed by atoms with Gasteiger partial charge < -0.3 is 4.74 Å². The Morgan fingerprint density at radius 3 is 2.89 bits per heavy atom. The van der Waals surface area contributed by atoms with Crippen LogP contribution < -0.4 is 0 Å². The predicted octanol–water partition coefficient (Wildman–Crippen LogP) is 0.640. The predicted molar refractivity (Wildman–Crippen MR) is 35.7 cm³/mol. The average Bonchev–Trinajstić information content (AvgIpc) is 1.89. The van der Waals surface area contributed by atoms with Gasteiger partial charge in [0, 0.05) is 6.54 Å². The fourth-order valence-corrected chi connectivity index (χ4v) is 0.387. The van der Waals surface area contributed by atoms with Gasteiger partial charge in [-0.1, -0.05) is 0 Å². The minimum absolute atomic E-state index is 0.208. The van der Waals surface area contributed by atoms with Crippen LogP contribution in [0, 0.1) is 0 Å². The van der Waals surface area contributed by atoms with Crippen LogP contribution in [-0.2, 0) is 9.53 Å². The Morgan fingerprint density at radius 1 is 1.78 bits per heavy atom. The van der Waals surface area contributed by atoms with Crippen molar-refractivity contribution >= 4 is 12.2 Å². The van der Waals surface area contributed by atoms with E-state index in [9.17, 15) is 4.79 Å². The summed E-state index contributed by atoms with van der Waals surface area (Å²) in [5.74, 6) is -0.208. The molecule has 0 aromatic carbocycles. The Labute approximate surface area is 54.7 Å². The molecule has 0 aromatic heterocycles. The van der Waals surface area contributed by atoms with Gasteiger partial charge in [-0.15, -0.1) is 0 Å². The van der Waals surface area contributed by atoms with Crippen LogP contribution in [0.25, 0.3) is 0 Å². The average molecular weight is 129 g/mol. The number of hydrogen-bond donors (Lipinski definition) is 0. The van der Waals surface area contributed by atoms with Gasteiger partial charge in [0.2, 0.25) is 0 Å².